The molecule has 0 atom stereocenters. The van der Waals surface area contributed by atoms with E-state index in [9.17, 15) is 8.42 Å². The molecule has 6 heteroatoms. The Hall–Kier alpha value is -2.34. The molecule has 152 valence electrons. The number of aryl methyl sites for hydroxylation is 2. The topological polar surface area (TPSA) is 70.6 Å². The highest BCUT2D eigenvalue weighted by atomic mass is 32.2. The summed E-state index contributed by atoms with van der Waals surface area (Å²) in [5, 5.41) is 6.64. The number of aliphatic imine (C=N–C) groups is 1. The van der Waals surface area contributed by atoms with Crippen LogP contribution >= 0.6 is 0 Å². The van der Waals surface area contributed by atoms with Crippen molar-refractivity contribution in [1.29, 1.82) is 0 Å². The molecule has 0 fully saturated rings. The molecular formula is C22H31N3O2S. The average molecular weight is 402 g/mol. The van der Waals surface area contributed by atoms with Gasteiger partial charge in [-0.25, -0.2) is 13.4 Å². The standard InChI is InChI=1S/C22H31N3O2S/c1-5-23-22(24-11-10-21-13-17(2)12-18(3)14-21)25-15-19-6-8-20(9-7-19)16-28(4,26)27/h6-9,12-14H,5,10-11,15-16H2,1-4H3,(H2,23,24,25). The number of benzene rings is 2. The van der Waals surface area contributed by atoms with Crippen LogP contribution in [0.5, 0.6) is 0 Å². The summed E-state index contributed by atoms with van der Waals surface area (Å²) >= 11 is 0. The molecule has 0 aromatic heterocycles. The number of hydrogen-bond donors (Lipinski definition) is 2. The van der Waals surface area contributed by atoms with Gasteiger partial charge in [-0.2, -0.15) is 0 Å². The van der Waals surface area contributed by atoms with Gasteiger partial charge in [0.1, 0.15) is 0 Å². The van der Waals surface area contributed by atoms with E-state index >= 15 is 0 Å². The van der Waals surface area contributed by atoms with Gasteiger partial charge < -0.3 is 10.6 Å². The summed E-state index contributed by atoms with van der Waals surface area (Å²) in [6.45, 7) is 8.43. The lowest BCUT2D eigenvalue weighted by molar-refractivity contribution is 0.601. The summed E-state index contributed by atoms with van der Waals surface area (Å²) in [5.41, 5.74) is 5.74. The Morgan fingerprint density at radius 3 is 2.11 bits per heavy atom. The monoisotopic (exact) mass is 401 g/mol. The average Bonchev–Trinajstić information content (AvgIpc) is 2.59. The molecule has 0 saturated carbocycles. The number of rotatable bonds is 8. The number of nitrogens with zero attached hydrogens (tertiary/aromatic N) is 1. The Kier molecular flexibility index (Phi) is 8.05. The fourth-order valence-electron chi connectivity index (χ4n) is 3.09. The fraction of sp³-hybridized carbons (Fsp3) is 0.409. The lowest BCUT2D eigenvalue weighted by Crippen LogP contribution is -2.38. The zero-order valence-electron chi connectivity index (χ0n) is 17.2. The Balaban J connectivity index is 1.92. The largest absolute Gasteiger partial charge is 0.357 e. The van der Waals surface area contributed by atoms with Crippen LogP contribution in [0.4, 0.5) is 0 Å². The zero-order chi connectivity index (χ0) is 20.6. The summed E-state index contributed by atoms with van der Waals surface area (Å²) in [7, 11) is -3.01. The molecule has 5 nitrogen and oxygen atoms in total. The van der Waals surface area contributed by atoms with Gasteiger partial charge in [0.25, 0.3) is 0 Å². The van der Waals surface area contributed by atoms with Gasteiger partial charge in [0.15, 0.2) is 15.8 Å². The predicted octanol–water partition coefficient (Wildman–Crippen LogP) is 3.15. The molecule has 0 aliphatic rings. The second-order valence-electron chi connectivity index (χ2n) is 7.25. The zero-order valence-corrected chi connectivity index (χ0v) is 18.1. The summed E-state index contributed by atoms with van der Waals surface area (Å²) in [6, 6.07) is 14.2. The van der Waals surface area contributed by atoms with Gasteiger partial charge in [-0.1, -0.05) is 53.6 Å². The van der Waals surface area contributed by atoms with Crippen molar-refractivity contribution in [2.75, 3.05) is 19.3 Å². The van der Waals surface area contributed by atoms with Crippen LogP contribution < -0.4 is 10.6 Å². The van der Waals surface area contributed by atoms with Crippen molar-refractivity contribution in [2.24, 2.45) is 4.99 Å². The second kappa shape index (κ2) is 10.3. The summed E-state index contributed by atoms with van der Waals surface area (Å²) in [5.74, 6) is 0.853. The molecule has 2 rings (SSSR count). The summed E-state index contributed by atoms with van der Waals surface area (Å²) in [6.07, 6.45) is 2.19. The van der Waals surface area contributed by atoms with E-state index in [1.54, 1.807) is 0 Å². The molecule has 0 spiro atoms. The summed E-state index contributed by atoms with van der Waals surface area (Å²) < 4.78 is 22.7. The maximum atomic E-state index is 11.4. The normalized spacial score (nSPS) is 12.1. The maximum absolute atomic E-state index is 11.4. The lowest BCUT2D eigenvalue weighted by Gasteiger charge is -2.12. The minimum Gasteiger partial charge on any atom is -0.357 e. The van der Waals surface area contributed by atoms with E-state index in [2.05, 4.69) is 47.7 Å². The Labute approximate surface area is 169 Å². The first-order chi connectivity index (χ1) is 13.2. The molecule has 2 aromatic carbocycles. The van der Waals surface area contributed by atoms with Gasteiger partial charge in [-0.05, 0) is 43.9 Å². The summed E-state index contributed by atoms with van der Waals surface area (Å²) in [4.78, 5) is 4.63. The van der Waals surface area contributed by atoms with Crippen LogP contribution in [0.15, 0.2) is 47.5 Å². The van der Waals surface area contributed by atoms with Gasteiger partial charge in [0.05, 0.1) is 12.3 Å². The number of nitrogens with one attached hydrogen (secondary N) is 2. The van der Waals surface area contributed by atoms with Crippen LogP contribution in [0, 0.1) is 13.8 Å². The Morgan fingerprint density at radius 2 is 1.54 bits per heavy atom. The molecule has 0 unspecified atom stereocenters. The molecule has 0 saturated heterocycles. The molecule has 28 heavy (non-hydrogen) atoms. The van der Waals surface area contributed by atoms with Crippen molar-refractivity contribution in [3.63, 3.8) is 0 Å². The van der Waals surface area contributed by atoms with Crippen molar-refractivity contribution < 1.29 is 8.42 Å². The first-order valence-electron chi connectivity index (χ1n) is 9.60. The maximum Gasteiger partial charge on any atom is 0.191 e. The first-order valence-corrected chi connectivity index (χ1v) is 11.7. The van der Waals surface area contributed by atoms with Crippen molar-refractivity contribution >= 4 is 15.8 Å². The molecule has 2 aromatic rings. The van der Waals surface area contributed by atoms with Gasteiger partial charge in [-0.15, -0.1) is 0 Å². The molecule has 0 bridgehead atoms. The number of hydrogen-bond acceptors (Lipinski definition) is 3. The van der Waals surface area contributed by atoms with Gasteiger partial charge in [0.2, 0.25) is 0 Å². The van der Waals surface area contributed by atoms with Crippen LogP contribution in [-0.2, 0) is 28.6 Å². The third-order valence-corrected chi connectivity index (χ3v) is 5.06. The molecule has 0 radical (unpaired) electrons. The van der Waals surface area contributed by atoms with Crippen molar-refractivity contribution in [1.82, 2.24) is 10.6 Å². The van der Waals surface area contributed by atoms with Crippen LogP contribution in [-0.4, -0.2) is 33.7 Å². The smallest absolute Gasteiger partial charge is 0.191 e. The molecule has 0 amide bonds. The minimum absolute atomic E-state index is 0.0686. The third-order valence-electron chi connectivity index (χ3n) is 4.20. The van der Waals surface area contributed by atoms with Crippen LogP contribution in [0.25, 0.3) is 0 Å². The van der Waals surface area contributed by atoms with Crippen molar-refractivity contribution in [2.45, 2.75) is 39.5 Å². The molecular weight excluding hydrogens is 370 g/mol. The van der Waals surface area contributed by atoms with Gasteiger partial charge >= 0.3 is 0 Å². The first kappa shape index (κ1) is 22.0. The van der Waals surface area contributed by atoms with E-state index in [0.29, 0.717) is 6.54 Å². The molecule has 0 aliphatic heterocycles. The quantitative estimate of drug-likeness (QED) is 0.527. The molecule has 0 aliphatic carbocycles. The van der Waals surface area contributed by atoms with E-state index in [4.69, 9.17) is 0 Å². The van der Waals surface area contributed by atoms with Gasteiger partial charge in [-0.3, -0.25) is 0 Å². The van der Waals surface area contributed by atoms with E-state index in [1.807, 2.05) is 31.2 Å². The molecule has 2 N–H and O–H groups in total. The highest BCUT2D eigenvalue weighted by Crippen LogP contribution is 2.10. The van der Waals surface area contributed by atoms with Crippen molar-refractivity contribution in [3.05, 3.63) is 70.3 Å². The van der Waals surface area contributed by atoms with E-state index in [0.717, 1.165) is 36.6 Å². The van der Waals surface area contributed by atoms with Crippen molar-refractivity contribution in [3.8, 4) is 0 Å². The molecule has 0 heterocycles. The van der Waals surface area contributed by atoms with Crippen LogP contribution in [0.2, 0.25) is 0 Å². The minimum atomic E-state index is -3.01. The van der Waals surface area contributed by atoms with E-state index < -0.39 is 9.84 Å². The van der Waals surface area contributed by atoms with Crippen LogP contribution in [0.1, 0.15) is 34.7 Å². The van der Waals surface area contributed by atoms with E-state index in [-0.39, 0.29) is 5.75 Å². The SMILES string of the molecule is CCNC(=NCc1ccc(CS(C)(=O)=O)cc1)NCCc1cc(C)cc(C)c1. The van der Waals surface area contributed by atoms with Gasteiger partial charge in [0, 0.05) is 19.3 Å². The Morgan fingerprint density at radius 1 is 0.929 bits per heavy atom. The predicted molar refractivity (Wildman–Crippen MR) is 117 cm³/mol. The van der Waals surface area contributed by atoms with E-state index in [1.165, 1.54) is 22.9 Å². The number of sulfone groups is 1. The highest BCUT2D eigenvalue weighted by molar-refractivity contribution is 7.89. The highest BCUT2D eigenvalue weighted by Gasteiger charge is 2.04. The number of guanidine groups is 1. The van der Waals surface area contributed by atoms with Crippen LogP contribution in [0.3, 0.4) is 0 Å². The Bertz CT molecular complexity index is 884. The third kappa shape index (κ3) is 8.13. The lowest BCUT2D eigenvalue weighted by atomic mass is 10.1. The second-order valence-corrected chi connectivity index (χ2v) is 9.39. The fourth-order valence-corrected chi connectivity index (χ4v) is 3.89.